The molecule has 75 heavy (non-hydrogen) atoms. The first-order valence-corrected chi connectivity index (χ1v) is 33.4. The smallest absolute Gasteiger partial charge is 0.394 e. The number of amides is 1. The number of ether oxygens (including phenoxy) is 2. The summed E-state index contributed by atoms with van der Waals surface area (Å²) in [7, 11) is -5.08. The summed E-state index contributed by atoms with van der Waals surface area (Å²) in [6.45, 7) is 3.50. The number of carbonyl (C=O) groups excluding carboxylic acids is 1. The van der Waals surface area contributed by atoms with Crippen LogP contribution < -0.4 is 5.32 Å². The highest BCUT2D eigenvalue weighted by Gasteiger charge is 2.48. The molecule has 0 spiro atoms. The summed E-state index contributed by atoms with van der Waals surface area (Å²) >= 11 is 0. The fourth-order valence-electron chi connectivity index (χ4n) is 10.6. The van der Waals surface area contributed by atoms with Crippen LogP contribution in [0.15, 0.2) is 12.2 Å². The summed E-state index contributed by atoms with van der Waals surface area (Å²) in [6.07, 6.45) is 55.3. The number of nitrogens with one attached hydrogen (secondary N) is 1. The van der Waals surface area contributed by atoms with E-state index in [0.717, 1.165) is 51.4 Å². The van der Waals surface area contributed by atoms with E-state index in [9.17, 15) is 38.2 Å². The molecule has 1 rings (SSSR count). The number of aliphatic hydroxyl groups excluding tert-OH is 4. The molecule has 1 aliphatic rings. The largest absolute Gasteiger partial charge is 0.397 e. The Morgan fingerprint density at radius 1 is 0.520 bits per heavy atom. The van der Waals surface area contributed by atoms with Crippen molar-refractivity contribution in [2.75, 3.05) is 13.2 Å². The van der Waals surface area contributed by atoms with Gasteiger partial charge in [-0.3, -0.25) is 9.35 Å². The Hall–Kier alpha value is -1.16. The van der Waals surface area contributed by atoms with Gasteiger partial charge in [0.25, 0.3) is 0 Å². The number of rotatable bonds is 57. The molecule has 12 nitrogen and oxygen atoms in total. The minimum Gasteiger partial charge on any atom is -0.394 e. The van der Waals surface area contributed by atoms with E-state index >= 15 is 0 Å². The van der Waals surface area contributed by atoms with Crippen LogP contribution in [0.5, 0.6) is 0 Å². The van der Waals surface area contributed by atoms with Crippen molar-refractivity contribution >= 4 is 16.3 Å². The van der Waals surface area contributed by atoms with Gasteiger partial charge in [0, 0.05) is 6.42 Å². The Balaban J connectivity index is 2.20. The van der Waals surface area contributed by atoms with Gasteiger partial charge in [-0.2, -0.15) is 8.42 Å². The maximum Gasteiger partial charge on any atom is 0.397 e. The quantitative estimate of drug-likeness (QED) is 0.0193. The van der Waals surface area contributed by atoms with Crippen LogP contribution in [0, 0.1) is 0 Å². The van der Waals surface area contributed by atoms with Crippen LogP contribution >= 0.6 is 0 Å². The zero-order chi connectivity index (χ0) is 54.7. The third kappa shape index (κ3) is 44.3. The van der Waals surface area contributed by atoms with Gasteiger partial charge in [-0.1, -0.05) is 289 Å². The van der Waals surface area contributed by atoms with E-state index in [1.165, 1.54) is 244 Å². The van der Waals surface area contributed by atoms with Gasteiger partial charge in [0.05, 0.1) is 25.4 Å². The van der Waals surface area contributed by atoms with Crippen LogP contribution in [-0.2, 0) is 28.9 Å². The van der Waals surface area contributed by atoms with Crippen LogP contribution in [0.3, 0.4) is 0 Å². The molecule has 6 N–H and O–H groups in total. The molecule has 7 atom stereocenters. The van der Waals surface area contributed by atoms with Crippen LogP contribution in [0.25, 0.3) is 0 Å². The molecule has 1 amide bonds. The van der Waals surface area contributed by atoms with Crippen molar-refractivity contribution < 1.29 is 51.8 Å². The van der Waals surface area contributed by atoms with Gasteiger partial charge in [-0.25, -0.2) is 4.18 Å². The summed E-state index contributed by atoms with van der Waals surface area (Å²) < 4.78 is 47.9. The normalized spacial score (nSPS) is 19.1. The van der Waals surface area contributed by atoms with Gasteiger partial charge in [-0.15, -0.1) is 0 Å². The summed E-state index contributed by atoms with van der Waals surface area (Å²) in [5.41, 5.74) is 0. The minimum atomic E-state index is -5.08. The van der Waals surface area contributed by atoms with Crippen molar-refractivity contribution in [1.82, 2.24) is 5.32 Å². The fourth-order valence-corrected chi connectivity index (χ4v) is 11.1. The Morgan fingerprint density at radius 3 is 1.20 bits per heavy atom. The van der Waals surface area contributed by atoms with Gasteiger partial charge in [-0.05, 0) is 38.5 Å². The summed E-state index contributed by atoms with van der Waals surface area (Å²) in [5, 5.41) is 45.1. The van der Waals surface area contributed by atoms with Gasteiger partial charge in [0.1, 0.15) is 24.4 Å². The molecule has 0 radical (unpaired) electrons. The van der Waals surface area contributed by atoms with Gasteiger partial charge >= 0.3 is 10.4 Å². The van der Waals surface area contributed by atoms with Crippen molar-refractivity contribution in [3.8, 4) is 0 Å². The summed E-state index contributed by atoms with van der Waals surface area (Å²) in [5.74, 6) is -0.223. The van der Waals surface area contributed by atoms with Gasteiger partial charge in [0.15, 0.2) is 6.29 Å². The number of allylic oxidation sites excluding steroid dienone is 2. The lowest BCUT2D eigenvalue weighted by Crippen LogP contribution is -2.61. The molecule has 7 unspecified atom stereocenters. The average molecular weight is 1090 g/mol. The summed E-state index contributed by atoms with van der Waals surface area (Å²) in [6, 6.07) is -0.855. The lowest BCUT2D eigenvalue weighted by molar-refractivity contribution is -0.298. The number of carbonyl (C=O) groups is 1. The van der Waals surface area contributed by atoms with E-state index < -0.39 is 59.9 Å². The Morgan fingerprint density at radius 2 is 0.853 bits per heavy atom. The van der Waals surface area contributed by atoms with Crippen molar-refractivity contribution in [3.63, 3.8) is 0 Å². The first-order chi connectivity index (χ1) is 36.5. The second-order valence-corrected chi connectivity index (χ2v) is 23.8. The predicted molar refractivity (Wildman–Crippen MR) is 310 cm³/mol. The van der Waals surface area contributed by atoms with Crippen molar-refractivity contribution in [2.45, 2.75) is 365 Å². The van der Waals surface area contributed by atoms with E-state index in [0.29, 0.717) is 12.8 Å². The summed E-state index contributed by atoms with van der Waals surface area (Å²) in [4.78, 5) is 13.2. The molecule has 13 heteroatoms. The van der Waals surface area contributed by atoms with E-state index in [4.69, 9.17) is 9.47 Å². The van der Waals surface area contributed by atoms with Crippen molar-refractivity contribution in [1.29, 1.82) is 0 Å². The zero-order valence-electron chi connectivity index (χ0n) is 48.6. The van der Waals surface area contributed by atoms with Gasteiger partial charge in [0.2, 0.25) is 5.91 Å². The molecule has 0 aromatic rings. The SMILES string of the molecule is CCCCCCCCCCCCCC/C=C\CCCCCCCCCCCCCCCCCCCC(=O)NC(COC1OC(CO)C(O)C(OS(=O)(=O)O)C1O)C(O)CCCCCCCCCCCCCCCCC. The molecule has 1 heterocycles. The highest BCUT2D eigenvalue weighted by Crippen LogP contribution is 2.26. The molecule has 1 aliphatic heterocycles. The van der Waals surface area contributed by atoms with Crippen LogP contribution in [-0.4, -0.2) is 95.4 Å². The molecular weight excluding hydrogens is 967 g/mol. The first kappa shape index (κ1) is 71.9. The molecule has 0 bridgehead atoms. The maximum atomic E-state index is 13.2. The van der Waals surface area contributed by atoms with Gasteiger partial charge < -0.3 is 35.2 Å². The van der Waals surface area contributed by atoms with E-state index in [1.54, 1.807) is 0 Å². The van der Waals surface area contributed by atoms with E-state index in [2.05, 4.69) is 35.5 Å². The maximum absolute atomic E-state index is 13.2. The number of hydrogen-bond acceptors (Lipinski definition) is 10. The van der Waals surface area contributed by atoms with Crippen molar-refractivity contribution in [2.24, 2.45) is 0 Å². The van der Waals surface area contributed by atoms with Crippen LogP contribution in [0.4, 0.5) is 0 Å². The average Bonchev–Trinajstić information content (AvgIpc) is 3.39. The van der Waals surface area contributed by atoms with Crippen LogP contribution in [0.2, 0.25) is 0 Å². The Kier molecular flexibility index (Phi) is 50.0. The first-order valence-electron chi connectivity index (χ1n) is 32.1. The molecule has 446 valence electrons. The highest BCUT2D eigenvalue weighted by molar-refractivity contribution is 7.80. The van der Waals surface area contributed by atoms with E-state index in [1.807, 2.05) is 0 Å². The lowest BCUT2D eigenvalue weighted by atomic mass is 9.99. The second kappa shape index (κ2) is 52.2. The number of unbranched alkanes of at least 4 members (excludes halogenated alkanes) is 43. The third-order valence-electron chi connectivity index (χ3n) is 15.6. The van der Waals surface area contributed by atoms with Crippen molar-refractivity contribution in [3.05, 3.63) is 12.2 Å². The van der Waals surface area contributed by atoms with E-state index in [-0.39, 0.29) is 12.5 Å². The van der Waals surface area contributed by atoms with Crippen LogP contribution in [0.1, 0.15) is 322 Å². The predicted octanol–water partition coefficient (Wildman–Crippen LogP) is 15.8. The lowest BCUT2D eigenvalue weighted by Gasteiger charge is -2.41. The second-order valence-electron chi connectivity index (χ2n) is 22.7. The Bertz CT molecular complexity index is 1370. The molecule has 0 aromatic heterocycles. The highest BCUT2D eigenvalue weighted by atomic mass is 32.3. The Labute approximate surface area is 461 Å². The third-order valence-corrected chi connectivity index (χ3v) is 16.0. The minimum absolute atomic E-state index is 0.223. The number of aliphatic hydroxyl groups is 4. The molecule has 1 fully saturated rings. The molecule has 1 saturated heterocycles. The number of hydrogen-bond donors (Lipinski definition) is 6. The molecular formula is C62H121NO11S. The fraction of sp³-hybridized carbons (Fsp3) is 0.952. The topological polar surface area (TPSA) is 192 Å². The molecule has 0 aliphatic carbocycles. The molecule has 0 saturated carbocycles. The monoisotopic (exact) mass is 1090 g/mol. The zero-order valence-corrected chi connectivity index (χ0v) is 49.5. The molecule has 0 aromatic carbocycles. The standard InChI is InChI=1S/C62H121NO11S/c1-3-5-7-9-11-13-15-17-19-20-21-22-23-24-25-26-27-28-29-30-31-32-33-34-35-36-38-40-42-44-46-48-50-52-58(66)63-55(54-72-62-60(68)61(74-75(69,70)71)59(67)57(53-64)73-62)56(65)51-49-47-45-43-41-39-37-18-16-14-12-10-8-6-4-2/h24-25,55-57,59-62,64-65,67-68H,3-23,26-54H2,1-2H3,(H,63,66)(H,69,70,71)/b25-24-.